The predicted molar refractivity (Wildman–Crippen MR) is 73.6 cm³/mol. The molecule has 4 nitrogen and oxygen atoms in total. The summed E-state index contributed by atoms with van der Waals surface area (Å²) in [6.45, 7) is 1.56. The van der Waals surface area contributed by atoms with Crippen molar-refractivity contribution < 1.29 is 9.90 Å². The monoisotopic (exact) mass is 270 g/mol. The molecule has 0 unspecified atom stereocenters. The molecule has 2 aromatic rings. The molecule has 0 aliphatic heterocycles. The van der Waals surface area contributed by atoms with Gasteiger partial charge in [-0.15, -0.1) is 11.3 Å². The van der Waals surface area contributed by atoms with Crippen molar-refractivity contribution in [3.05, 3.63) is 45.9 Å². The van der Waals surface area contributed by atoms with E-state index >= 15 is 0 Å². The van der Waals surface area contributed by atoms with Crippen molar-refractivity contribution in [2.24, 2.45) is 0 Å². The topological polar surface area (TPSA) is 74.0 Å². The van der Waals surface area contributed by atoms with E-state index in [-0.39, 0.29) is 0 Å². The van der Waals surface area contributed by atoms with E-state index in [2.05, 4.69) is 4.98 Å². The van der Waals surface area contributed by atoms with Gasteiger partial charge in [0.1, 0.15) is 11.8 Å². The Morgan fingerprint density at radius 1 is 1.47 bits per heavy atom. The summed E-state index contributed by atoms with van der Waals surface area (Å²) in [5.41, 5.74) is 2.54. The summed E-state index contributed by atoms with van der Waals surface area (Å²) in [7, 11) is 0. The van der Waals surface area contributed by atoms with E-state index in [0.29, 0.717) is 11.3 Å². The number of thiophene rings is 1. The first kappa shape index (κ1) is 13.0. The average molecular weight is 270 g/mol. The summed E-state index contributed by atoms with van der Waals surface area (Å²) in [4.78, 5) is 15.6. The second-order valence-electron chi connectivity index (χ2n) is 3.91. The number of carboxylic acid groups (broad SMARTS) is 1. The summed E-state index contributed by atoms with van der Waals surface area (Å²) in [5.74, 6) is -0.921. The second kappa shape index (κ2) is 5.46. The third kappa shape index (κ3) is 3.06. The molecule has 19 heavy (non-hydrogen) atoms. The van der Waals surface area contributed by atoms with Gasteiger partial charge in [-0.3, -0.25) is 0 Å². The average Bonchev–Trinajstić information content (AvgIpc) is 2.87. The molecule has 1 N–H and O–H groups in total. The molecular formula is C14H10N2O2S. The van der Waals surface area contributed by atoms with Crippen molar-refractivity contribution in [1.82, 2.24) is 4.98 Å². The fourth-order valence-corrected chi connectivity index (χ4v) is 2.39. The number of aromatic nitrogens is 1. The second-order valence-corrected chi connectivity index (χ2v) is 4.86. The van der Waals surface area contributed by atoms with Crippen LogP contribution in [0.2, 0.25) is 0 Å². The van der Waals surface area contributed by atoms with Gasteiger partial charge in [-0.2, -0.15) is 5.26 Å². The third-order valence-electron chi connectivity index (χ3n) is 2.53. The van der Waals surface area contributed by atoms with Crippen molar-refractivity contribution in [2.75, 3.05) is 0 Å². The number of hydrogen-bond donors (Lipinski definition) is 1. The number of aliphatic carboxylic acids is 1. The van der Waals surface area contributed by atoms with Gasteiger partial charge in [-0.1, -0.05) is 0 Å². The Morgan fingerprint density at radius 2 is 2.26 bits per heavy atom. The number of nitrogens with zero attached hydrogens (tertiary/aromatic N) is 2. The first-order valence-corrected chi connectivity index (χ1v) is 6.35. The Hall–Kier alpha value is -2.45. The van der Waals surface area contributed by atoms with Crippen molar-refractivity contribution in [3.63, 3.8) is 0 Å². The molecule has 0 atom stereocenters. The molecule has 0 aliphatic rings. The van der Waals surface area contributed by atoms with Crippen LogP contribution in [0.1, 0.15) is 17.5 Å². The minimum Gasteiger partial charge on any atom is -0.478 e. The molecule has 5 heteroatoms. The molecular weight excluding hydrogens is 260 g/mol. The lowest BCUT2D eigenvalue weighted by atomic mass is 10.1. The third-order valence-corrected chi connectivity index (χ3v) is 3.41. The first-order valence-electron chi connectivity index (χ1n) is 5.47. The Labute approximate surface area is 114 Å². The largest absolute Gasteiger partial charge is 0.478 e. The lowest BCUT2D eigenvalue weighted by Gasteiger charge is -1.95. The van der Waals surface area contributed by atoms with Crippen LogP contribution in [-0.2, 0) is 4.79 Å². The molecule has 0 saturated heterocycles. The summed E-state index contributed by atoms with van der Waals surface area (Å²) >= 11 is 1.47. The Kier molecular flexibility index (Phi) is 3.74. The number of carboxylic acids is 1. The SMILES string of the molecule is C/C(=C\c1cc(-c2ccc(C#N)nc2)cs1)C(=O)O. The number of nitriles is 1. The highest BCUT2D eigenvalue weighted by atomic mass is 32.1. The van der Waals surface area contributed by atoms with Gasteiger partial charge in [0, 0.05) is 22.2 Å². The minimum absolute atomic E-state index is 0.298. The van der Waals surface area contributed by atoms with E-state index in [4.69, 9.17) is 10.4 Å². The van der Waals surface area contributed by atoms with Gasteiger partial charge in [0.2, 0.25) is 0 Å². The van der Waals surface area contributed by atoms with Crippen LogP contribution in [0.4, 0.5) is 0 Å². The zero-order chi connectivity index (χ0) is 13.8. The standard InChI is InChI=1S/C14H10N2O2S/c1-9(14(17)18)4-13-5-11(8-19-13)10-2-3-12(6-15)16-7-10/h2-5,7-8H,1H3,(H,17,18)/b9-4+. The van der Waals surface area contributed by atoms with Gasteiger partial charge in [0.25, 0.3) is 0 Å². The number of carbonyl (C=O) groups is 1. The lowest BCUT2D eigenvalue weighted by Crippen LogP contribution is -1.94. The van der Waals surface area contributed by atoms with Gasteiger partial charge >= 0.3 is 5.97 Å². The van der Waals surface area contributed by atoms with Crippen molar-refractivity contribution >= 4 is 23.4 Å². The minimum atomic E-state index is -0.921. The molecule has 0 saturated carbocycles. The van der Waals surface area contributed by atoms with Crippen LogP contribution in [-0.4, -0.2) is 16.1 Å². The lowest BCUT2D eigenvalue weighted by molar-refractivity contribution is -0.132. The molecule has 2 heterocycles. The Balaban J connectivity index is 2.28. The van der Waals surface area contributed by atoms with Crippen molar-refractivity contribution in [2.45, 2.75) is 6.92 Å². The van der Waals surface area contributed by atoms with Crippen LogP contribution in [0.5, 0.6) is 0 Å². The quantitative estimate of drug-likeness (QED) is 0.869. The maximum atomic E-state index is 10.7. The zero-order valence-corrected chi connectivity index (χ0v) is 10.9. The Morgan fingerprint density at radius 3 is 2.84 bits per heavy atom. The van der Waals surface area contributed by atoms with Gasteiger partial charge in [-0.25, -0.2) is 9.78 Å². The summed E-state index contributed by atoms with van der Waals surface area (Å²) in [6.07, 6.45) is 3.27. The van der Waals surface area contributed by atoms with E-state index < -0.39 is 5.97 Å². The highest BCUT2D eigenvalue weighted by Gasteiger charge is 2.04. The Bertz CT molecular complexity index is 678. The van der Waals surface area contributed by atoms with E-state index in [0.717, 1.165) is 16.0 Å². The van der Waals surface area contributed by atoms with E-state index in [1.54, 1.807) is 25.3 Å². The summed E-state index contributed by atoms with van der Waals surface area (Å²) in [6, 6.07) is 7.35. The van der Waals surface area contributed by atoms with Gasteiger partial charge in [0.05, 0.1) is 0 Å². The molecule has 0 bridgehead atoms. The molecule has 0 radical (unpaired) electrons. The maximum absolute atomic E-state index is 10.7. The number of hydrogen-bond acceptors (Lipinski definition) is 4. The van der Waals surface area contributed by atoms with Gasteiger partial charge in [0.15, 0.2) is 0 Å². The van der Waals surface area contributed by atoms with Crippen LogP contribution in [0.15, 0.2) is 35.3 Å². The highest BCUT2D eigenvalue weighted by molar-refractivity contribution is 7.11. The maximum Gasteiger partial charge on any atom is 0.331 e. The van der Waals surface area contributed by atoms with E-state index in [9.17, 15) is 4.79 Å². The van der Waals surface area contributed by atoms with Gasteiger partial charge < -0.3 is 5.11 Å². The molecule has 2 aromatic heterocycles. The fraction of sp³-hybridized carbons (Fsp3) is 0.0714. The fourth-order valence-electron chi connectivity index (χ4n) is 1.49. The van der Waals surface area contributed by atoms with Crippen molar-refractivity contribution in [1.29, 1.82) is 5.26 Å². The smallest absolute Gasteiger partial charge is 0.331 e. The molecule has 0 aliphatic carbocycles. The first-order chi connectivity index (χ1) is 9.10. The predicted octanol–water partition coefficient (Wildman–Crippen LogP) is 3.17. The molecule has 0 aromatic carbocycles. The number of rotatable bonds is 3. The van der Waals surface area contributed by atoms with E-state index in [1.165, 1.54) is 11.3 Å². The molecule has 0 spiro atoms. The zero-order valence-electron chi connectivity index (χ0n) is 10.1. The highest BCUT2D eigenvalue weighted by Crippen LogP contribution is 2.26. The summed E-state index contributed by atoms with van der Waals surface area (Å²) < 4.78 is 0. The molecule has 94 valence electrons. The van der Waals surface area contributed by atoms with Crippen LogP contribution in [0.3, 0.4) is 0 Å². The number of pyridine rings is 1. The normalized spacial score (nSPS) is 11.1. The van der Waals surface area contributed by atoms with Crippen LogP contribution >= 0.6 is 11.3 Å². The molecule has 0 amide bonds. The molecule has 0 fully saturated rings. The summed E-state index contributed by atoms with van der Waals surface area (Å²) in [5, 5.41) is 19.4. The van der Waals surface area contributed by atoms with E-state index in [1.807, 2.05) is 23.6 Å². The van der Waals surface area contributed by atoms with Crippen LogP contribution < -0.4 is 0 Å². The van der Waals surface area contributed by atoms with Gasteiger partial charge in [-0.05, 0) is 42.1 Å². The van der Waals surface area contributed by atoms with Crippen molar-refractivity contribution in [3.8, 4) is 17.2 Å². The molecule has 2 rings (SSSR count). The van der Waals surface area contributed by atoms with Crippen LogP contribution in [0.25, 0.3) is 17.2 Å². The van der Waals surface area contributed by atoms with Crippen LogP contribution in [0, 0.1) is 11.3 Å².